The zero-order chi connectivity index (χ0) is 9.19. The van der Waals surface area contributed by atoms with Crippen LogP contribution >= 0.6 is 0 Å². The fraction of sp³-hybridized carbons (Fsp3) is 0.286. The van der Waals surface area contributed by atoms with Gasteiger partial charge in [0.25, 0.3) is 0 Å². The molecule has 0 unspecified atom stereocenters. The number of rotatable bonds is 1. The Morgan fingerprint density at radius 3 is 2.58 bits per heavy atom. The molecule has 0 N–H and O–H groups in total. The molecule has 12 heavy (non-hydrogen) atoms. The SMILES string of the molecule is COc1ccnc(C(F)(F)F)c1. The first-order valence-electron chi connectivity index (χ1n) is 3.11. The second-order valence-electron chi connectivity index (χ2n) is 2.08. The molecule has 1 aromatic rings. The Kier molecular flexibility index (Phi) is 2.21. The fourth-order valence-electron chi connectivity index (χ4n) is 0.693. The third-order valence-corrected chi connectivity index (χ3v) is 1.26. The van der Waals surface area contributed by atoms with E-state index in [2.05, 4.69) is 9.72 Å². The monoisotopic (exact) mass is 177 g/mol. The zero-order valence-corrected chi connectivity index (χ0v) is 6.22. The molecule has 0 aromatic carbocycles. The number of ether oxygens (including phenoxy) is 1. The van der Waals surface area contributed by atoms with Crippen LogP contribution in [-0.4, -0.2) is 12.1 Å². The summed E-state index contributed by atoms with van der Waals surface area (Å²) in [6, 6.07) is 2.20. The Bertz CT molecular complexity index is 272. The number of nitrogens with zero attached hydrogens (tertiary/aromatic N) is 1. The number of pyridine rings is 1. The highest BCUT2D eigenvalue weighted by Gasteiger charge is 2.32. The minimum atomic E-state index is -4.41. The summed E-state index contributed by atoms with van der Waals surface area (Å²) in [7, 11) is 1.30. The average Bonchev–Trinajstić information content (AvgIpc) is 2.03. The first kappa shape index (κ1) is 8.83. The van der Waals surface area contributed by atoms with E-state index >= 15 is 0 Å². The second-order valence-corrected chi connectivity index (χ2v) is 2.08. The highest BCUT2D eigenvalue weighted by atomic mass is 19.4. The predicted molar refractivity (Wildman–Crippen MR) is 35.8 cm³/mol. The summed E-state index contributed by atoms with van der Waals surface area (Å²) >= 11 is 0. The van der Waals surface area contributed by atoms with Crippen LogP contribution in [0.1, 0.15) is 5.69 Å². The standard InChI is InChI=1S/C7H6F3NO/c1-12-5-2-3-11-6(4-5)7(8,9)10/h2-4H,1H3. The van der Waals surface area contributed by atoms with Gasteiger partial charge in [0.15, 0.2) is 0 Å². The summed E-state index contributed by atoms with van der Waals surface area (Å²) in [6.07, 6.45) is -3.35. The molecule has 0 radical (unpaired) electrons. The van der Waals surface area contributed by atoms with Gasteiger partial charge in [-0.15, -0.1) is 0 Å². The molecule has 1 aromatic heterocycles. The largest absolute Gasteiger partial charge is 0.497 e. The molecule has 0 atom stereocenters. The molecule has 0 aliphatic heterocycles. The van der Waals surface area contributed by atoms with Crippen molar-refractivity contribution in [2.45, 2.75) is 6.18 Å². The lowest BCUT2D eigenvalue weighted by atomic mass is 10.3. The molecule has 0 aliphatic rings. The van der Waals surface area contributed by atoms with Crippen LogP contribution in [0.25, 0.3) is 0 Å². The van der Waals surface area contributed by atoms with Crippen molar-refractivity contribution in [3.8, 4) is 5.75 Å². The van der Waals surface area contributed by atoms with E-state index in [4.69, 9.17) is 0 Å². The van der Waals surface area contributed by atoms with Crippen molar-refractivity contribution in [2.24, 2.45) is 0 Å². The Hall–Kier alpha value is -1.26. The van der Waals surface area contributed by atoms with Crippen molar-refractivity contribution >= 4 is 0 Å². The quantitative estimate of drug-likeness (QED) is 0.655. The van der Waals surface area contributed by atoms with Crippen LogP contribution in [0.15, 0.2) is 18.3 Å². The summed E-state index contributed by atoms with van der Waals surface area (Å²) in [6.45, 7) is 0. The fourth-order valence-corrected chi connectivity index (χ4v) is 0.693. The molecule has 0 saturated carbocycles. The molecule has 0 bridgehead atoms. The Morgan fingerprint density at radius 1 is 1.42 bits per heavy atom. The molecular formula is C7H6F3NO. The maximum absolute atomic E-state index is 12.0. The van der Waals surface area contributed by atoms with Crippen molar-refractivity contribution in [3.63, 3.8) is 0 Å². The number of alkyl halides is 3. The van der Waals surface area contributed by atoms with E-state index in [1.165, 1.54) is 13.2 Å². The third-order valence-electron chi connectivity index (χ3n) is 1.26. The van der Waals surface area contributed by atoms with Gasteiger partial charge in [0.1, 0.15) is 11.4 Å². The molecule has 66 valence electrons. The molecule has 0 saturated heterocycles. The molecular weight excluding hydrogens is 171 g/mol. The van der Waals surface area contributed by atoms with Crippen LogP contribution < -0.4 is 4.74 Å². The third kappa shape index (κ3) is 1.87. The van der Waals surface area contributed by atoms with Crippen LogP contribution in [0, 0.1) is 0 Å². The van der Waals surface area contributed by atoms with Crippen LogP contribution in [0.2, 0.25) is 0 Å². The summed E-state index contributed by atoms with van der Waals surface area (Å²) in [5, 5.41) is 0. The summed E-state index contributed by atoms with van der Waals surface area (Å²) in [5.74, 6) is 0.150. The van der Waals surface area contributed by atoms with Crippen molar-refractivity contribution in [1.29, 1.82) is 0 Å². The lowest BCUT2D eigenvalue weighted by Crippen LogP contribution is -2.07. The number of halogens is 3. The first-order chi connectivity index (χ1) is 5.54. The lowest BCUT2D eigenvalue weighted by molar-refractivity contribution is -0.141. The van der Waals surface area contributed by atoms with Crippen molar-refractivity contribution in [3.05, 3.63) is 24.0 Å². The van der Waals surface area contributed by atoms with Gasteiger partial charge < -0.3 is 4.74 Å². The predicted octanol–water partition coefficient (Wildman–Crippen LogP) is 2.11. The Morgan fingerprint density at radius 2 is 2.08 bits per heavy atom. The molecule has 2 nitrogen and oxygen atoms in total. The zero-order valence-electron chi connectivity index (χ0n) is 6.22. The number of hydrogen-bond acceptors (Lipinski definition) is 2. The van der Waals surface area contributed by atoms with E-state index in [9.17, 15) is 13.2 Å². The highest BCUT2D eigenvalue weighted by molar-refractivity contribution is 5.23. The van der Waals surface area contributed by atoms with E-state index in [1.807, 2.05) is 0 Å². The van der Waals surface area contributed by atoms with Gasteiger partial charge >= 0.3 is 6.18 Å². The summed E-state index contributed by atoms with van der Waals surface area (Å²) < 4.78 is 40.6. The van der Waals surface area contributed by atoms with Gasteiger partial charge in [-0.1, -0.05) is 0 Å². The van der Waals surface area contributed by atoms with E-state index in [0.29, 0.717) is 0 Å². The Balaban J connectivity index is 3.02. The molecule has 1 heterocycles. The minimum absolute atomic E-state index is 0.150. The first-order valence-corrected chi connectivity index (χ1v) is 3.11. The maximum atomic E-state index is 12.0. The van der Waals surface area contributed by atoms with Crippen LogP contribution in [-0.2, 0) is 6.18 Å². The van der Waals surface area contributed by atoms with Crippen LogP contribution in [0.4, 0.5) is 13.2 Å². The van der Waals surface area contributed by atoms with Gasteiger partial charge in [-0.2, -0.15) is 13.2 Å². The number of methoxy groups -OCH3 is 1. The van der Waals surface area contributed by atoms with Gasteiger partial charge in [0.05, 0.1) is 7.11 Å². The number of aromatic nitrogens is 1. The normalized spacial score (nSPS) is 11.3. The van der Waals surface area contributed by atoms with E-state index in [-0.39, 0.29) is 5.75 Å². The molecule has 1 rings (SSSR count). The van der Waals surface area contributed by atoms with Gasteiger partial charge in [-0.25, -0.2) is 0 Å². The molecule has 0 spiro atoms. The molecule has 0 fully saturated rings. The Labute approximate surface area is 67.0 Å². The van der Waals surface area contributed by atoms with E-state index in [0.717, 1.165) is 12.3 Å². The van der Waals surface area contributed by atoms with Crippen LogP contribution in [0.5, 0.6) is 5.75 Å². The summed E-state index contributed by atoms with van der Waals surface area (Å²) in [5.41, 5.74) is -0.943. The van der Waals surface area contributed by atoms with Gasteiger partial charge in [-0.3, -0.25) is 4.98 Å². The maximum Gasteiger partial charge on any atom is 0.433 e. The highest BCUT2D eigenvalue weighted by Crippen LogP contribution is 2.29. The van der Waals surface area contributed by atoms with Crippen LogP contribution in [0.3, 0.4) is 0 Å². The molecule has 0 amide bonds. The van der Waals surface area contributed by atoms with Gasteiger partial charge in [0.2, 0.25) is 0 Å². The summed E-state index contributed by atoms with van der Waals surface area (Å²) in [4.78, 5) is 3.15. The van der Waals surface area contributed by atoms with Crippen molar-refractivity contribution in [1.82, 2.24) is 4.98 Å². The molecule has 5 heteroatoms. The van der Waals surface area contributed by atoms with Gasteiger partial charge in [0, 0.05) is 12.3 Å². The van der Waals surface area contributed by atoms with E-state index in [1.54, 1.807) is 0 Å². The minimum Gasteiger partial charge on any atom is -0.497 e. The smallest absolute Gasteiger partial charge is 0.433 e. The topological polar surface area (TPSA) is 22.1 Å². The van der Waals surface area contributed by atoms with Crippen molar-refractivity contribution < 1.29 is 17.9 Å². The number of hydrogen-bond donors (Lipinski definition) is 0. The lowest BCUT2D eigenvalue weighted by Gasteiger charge is -2.06. The second kappa shape index (κ2) is 3.00. The average molecular weight is 177 g/mol. The van der Waals surface area contributed by atoms with Crippen molar-refractivity contribution in [2.75, 3.05) is 7.11 Å². The van der Waals surface area contributed by atoms with E-state index < -0.39 is 11.9 Å². The van der Waals surface area contributed by atoms with Gasteiger partial charge in [-0.05, 0) is 6.07 Å². The molecule has 0 aliphatic carbocycles.